The largest absolute Gasteiger partial charge is 0.341 e. The van der Waals surface area contributed by atoms with Crippen molar-refractivity contribution in [3.8, 4) is 0 Å². The summed E-state index contributed by atoms with van der Waals surface area (Å²) < 4.78 is 26.2. The molecular formula is C15H20Cl2N2O3S. The average Bonchev–Trinajstić information content (AvgIpc) is 2.49. The van der Waals surface area contributed by atoms with Gasteiger partial charge in [-0.1, -0.05) is 30.1 Å². The lowest BCUT2D eigenvalue weighted by Crippen LogP contribution is -2.45. The summed E-state index contributed by atoms with van der Waals surface area (Å²) in [5.41, 5.74) is 0. The van der Waals surface area contributed by atoms with Crippen molar-refractivity contribution in [2.75, 3.05) is 26.7 Å². The number of carbonyl (C=O) groups excluding carboxylic acids is 1. The molecular weight excluding hydrogens is 359 g/mol. The van der Waals surface area contributed by atoms with Crippen LogP contribution in [0.15, 0.2) is 23.1 Å². The van der Waals surface area contributed by atoms with Crippen molar-refractivity contribution in [3.63, 3.8) is 0 Å². The van der Waals surface area contributed by atoms with Crippen LogP contribution in [-0.4, -0.2) is 50.2 Å². The van der Waals surface area contributed by atoms with Crippen molar-refractivity contribution in [1.82, 2.24) is 9.21 Å². The molecule has 0 aromatic heterocycles. The van der Waals surface area contributed by atoms with Crippen LogP contribution in [0.5, 0.6) is 0 Å². The van der Waals surface area contributed by atoms with Gasteiger partial charge < -0.3 is 4.90 Å². The van der Waals surface area contributed by atoms with Gasteiger partial charge in [-0.25, -0.2) is 8.42 Å². The van der Waals surface area contributed by atoms with Crippen LogP contribution in [0.1, 0.15) is 19.8 Å². The summed E-state index contributed by atoms with van der Waals surface area (Å²) in [5.74, 6) is 0.248. The Labute approximate surface area is 147 Å². The van der Waals surface area contributed by atoms with Gasteiger partial charge in [0.1, 0.15) is 4.90 Å². The lowest BCUT2D eigenvalue weighted by Gasteiger charge is -2.32. The number of likely N-dealkylation sites (tertiary alicyclic amines) is 1. The zero-order chi connectivity index (χ0) is 17.2. The second-order valence-electron chi connectivity index (χ2n) is 5.92. The number of hydrogen-bond acceptors (Lipinski definition) is 3. The van der Waals surface area contributed by atoms with Gasteiger partial charge in [0, 0.05) is 25.2 Å². The summed E-state index contributed by atoms with van der Waals surface area (Å²) in [6.07, 6.45) is 2.04. The van der Waals surface area contributed by atoms with E-state index in [9.17, 15) is 13.2 Å². The van der Waals surface area contributed by atoms with E-state index in [2.05, 4.69) is 6.92 Å². The topological polar surface area (TPSA) is 57.7 Å². The van der Waals surface area contributed by atoms with E-state index < -0.39 is 10.0 Å². The van der Waals surface area contributed by atoms with Gasteiger partial charge in [-0.15, -0.1) is 0 Å². The quantitative estimate of drug-likeness (QED) is 0.808. The van der Waals surface area contributed by atoms with Crippen LogP contribution >= 0.6 is 23.2 Å². The number of hydrogen-bond donors (Lipinski definition) is 0. The summed E-state index contributed by atoms with van der Waals surface area (Å²) in [6.45, 7) is 3.23. The fraction of sp³-hybridized carbons (Fsp3) is 0.533. The third kappa shape index (κ3) is 4.38. The molecule has 5 nitrogen and oxygen atoms in total. The maximum Gasteiger partial charge on any atom is 0.244 e. The Hall–Kier alpha value is -0.820. The highest BCUT2D eigenvalue weighted by Gasteiger charge is 2.28. The number of benzene rings is 1. The summed E-state index contributed by atoms with van der Waals surface area (Å²) in [4.78, 5) is 14.0. The third-order valence-electron chi connectivity index (χ3n) is 3.95. The number of carbonyl (C=O) groups is 1. The van der Waals surface area contributed by atoms with Gasteiger partial charge in [-0.3, -0.25) is 4.79 Å². The first kappa shape index (κ1) is 18.5. The molecule has 0 aliphatic carbocycles. The highest BCUT2D eigenvalue weighted by Crippen LogP contribution is 2.27. The predicted molar refractivity (Wildman–Crippen MR) is 91.3 cm³/mol. The lowest BCUT2D eigenvalue weighted by atomic mass is 10.0. The Morgan fingerprint density at radius 2 is 2.09 bits per heavy atom. The normalized spacial score (nSPS) is 19.2. The van der Waals surface area contributed by atoms with Crippen molar-refractivity contribution in [2.24, 2.45) is 5.92 Å². The first-order valence-electron chi connectivity index (χ1n) is 7.41. The number of halogens is 2. The molecule has 0 unspecified atom stereocenters. The van der Waals surface area contributed by atoms with Gasteiger partial charge in [0.25, 0.3) is 0 Å². The van der Waals surface area contributed by atoms with E-state index >= 15 is 0 Å². The van der Waals surface area contributed by atoms with Crippen LogP contribution in [0.4, 0.5) is 0 Å². The zero-order valence-corrected chi connectivity index (χ0v) is 15.5. The van der Waals surface area contributed by atoms with E-state index in [0.29, 0.717) is 19.0 Å². The number of piperidine rings is 1. The van der Waals surface area contributed by atoms with Crippen molar-refractivity contribution in [2.45, 2.75) is 24.7 Å². The second kappa shape index (κ2) is 7.38. The molecule has 8 heteroatoms. The Bertz CT molecular complexity index is 694. The van der Waals surface area contributed by atoms with E-state index in [-0.39, 0.29) is 27.4 Å². The van der Waals surface area contributed by atoms with Crippen LogP contribution in [0.3, 0.4) is 0 Å². The molecule has 0 spiro atoms. The molecule has 0 bridgehead atoms. The van der Waals surface area contributed by atoms with E-state index in [1.54, 1.807) is 4.90 Å². The Kier molecular flexibility index (Phi) is 5.94. The summed E-state index contributed by atoms with van der Waals surface area (Å²) >= 11 is 11.8. The van der Waals surface area contributed by atoms with Crippen LogP contribution in [-0.2, 0) is 14.8 Å². The molecule has 23 heavy (non-hydrogen) atoms. The highest BCUT2D eigenvalue weighted by atomic mass is 35.5. The maximum atomic E-state index is 12.6. The number of rotatable bonds is 4. The molecule has 1 aliphatic heterocycles. The fourth-order valence-corrected chi connectivity index (χ4v) is 4.49. The first-order chi connectivity index (χ1) is 10.7. The molecule has 1 aromatic carbocycles. The van der Waals surface area contributed by atoms with Gasteiger partial charge in [0.15, 0.2) is 0 Å². The van der Waals surface area contributed by atoms with Gasteiger partial charge >= 0.3 is 0 Å². The molecule has 1 fully saturated rings. The lowest BCUT2D eigenvalue weighted by molar-refractivity contribution is -0.132. The second-order valence-corrected chi connectivity index (χ2v) is 8.78. The zero-order valence-electron chi connectivity index (χ0n) is 13.1. The minimum Gasteiger partial charge on any atom is -0.341 e. The molecule has 1 saturated heterocycles. The van der Waals surface area contributed by atoms with Gasteiger partial charge in [0.05, 0.1) is 11.6 Å². The Morgan fingerprint density at radius 3 is 2.74 bits per heavy atom. The molecule has 0 saturated carbocycles. The number of amides is 1. The highest BCUT2D eigenvalue weighted by molar-refractivity contribution is 7.89. The van der Waals surface area contributed by atoms with E-state index in [4.69, 9.17) is 23.2 Å². The number of likely N-dealkylation sites (N-methyl/N-ethyl adjacent to an activating group) is 1. The Morgan fingerprint density at radius 1 is 1.39 bits per heavy atom. The maximum absolute atomic E-state index is 12.6. The van der Waals surface area contributed by atoms with E-state index in [1.807, 2.05) is 0 Å². The van der Waals surface area contributed by atoms with Gasteiger partial charge in [-0.05, 0) is 37.0 Å². The molecule has 1 aliphatic rings. The average molecular weight is 379 g/mol. The van der Waals surface area contributed by atoms with Crippen molar-refractivity contribution in [1.29, 1.82) is 0 Å². The molecule has 0 N–H and O–H groups in total. The third-order valence-corrected chi connectivity index (χ3v) is 6.47. The van der Waals surface area contributed by atoms with Crippen LogP contribution in [0.25, 0.3) is 0 Å². The van der Waals surface area contributed by atoms with Crippen LogP contribution in [0, 0.1) is 5.92 Å². The molecule has 1 aromatic rings. The van der Waals surface area contributed by atoms with Crippen molar-refractivity contribution < 1.29 is 13.2 Å². The standard InChI is InChI=1S/C15H20Cl2N2O3S/c1-11-4-3-7-19(9-11)15(20)10-18(2)23(21,22)14-8-12(16)5-6-13(14)17/h5-6,8,11H,3-4,7,9-10H2,1-2H3/t11-/m1/s1. The minimum absolute atomic E-state index is 0.0836. The minimum atomic E-state index is -3.87. The van der Waals surface area contributed by atoms with Crippen LogP contribution in [0.2, 0.25) is 10.0 Å². The first-order valence-corrected chi connectivity index (χ1v) is 9.60. The molecule has 1 heterocycles. The number of sulfonamides is 1. The number of nitrogens with zero attached hydrogens (tertiary/aromatic N) is 2. The monoisotopic (exact) mass is 378 g/mol. The summed E-state index contributed by atoms with van der Waals surface area (Å²) in [5, 5.41) is 0.359. The molecule has 128 valence electrons. The van der Waals surface area contributed by atoms with Gasteiger partial charge in [0.2, 0.25) is 15.9 Å². The molecule has 1 amide bonds. The van der Waals surface area contributed by atoms with Gasteiger partial charge in [-0.2, -0.15) is 4.31 Å². The SMILES string of the molecule is C[C@@H]1CCCN(C(=O)CN(C)S(=O)(=O)c2cc(Cl)ccc2Cl)C1. The molecule has 2 rings (SSSR count). The van der Waals surface area contributed by atoms with Crippen molar-refractivity contribution in [3.05, 3.63) is 28.2 Å². The van der Waals surface area contributed by atoms with Crippen LogP contribution < -0.4 is 0 Å². The van der Waals surface area contributed by atoms with E-state index in [0.717, 1.165) is 17.1 Å². The van der Waals surface area contributed by atoms with Crippen molar-refractivity contribution >= 4 is 39.1 Å². The smallest absolute Gasteiger partial charge is 0.244 e. The summed E-state index contributed by atoms with van der Waals surface area (Å²) in [6, 6.07) is 4.24. The van der Waals surface area contributed by atoms with E-state index in [1.165, 1.54) is 25.2 Å². The summed E-state index contributed by atoms with van der Waals surface area (Å²) in [7, 11) is -2.50. The predicted octanol–water partition coefficient (Wildman–Crippen LogP) is 2.87. The molecule has 1 atom stereocenters. The Balaban J connectivity index is 2.14. The molecule has 0 radical (unpaired) electrons. The fourth-order valence-electron chi connectivity index (χ4n) is 2.63.